The van der Waals surface area contributed by atoms with E-state index in [-0.39, 0.29) is 0 Å². The molecule has 2 heterocycles. The van der Waals surface area contributed by atoms with Gasteiger partial charge in [-0.3, -0.25) is 4.98 Å². The highest BCUT2D eigenvalue weighted by atomic mass is 16.5. The topological polar surface area (TPSA) is 47.9 Å². The summed E-state index contributed by atoms with van der Waals surface area (Å²) in [7, 11) is 0. The maximum atomic E-state index is 5.65. The first-order chi connectivity index (χ1) is 9.92. The highest BCUT2D eigenvalue weighted by molar-refractivity contribution is 5.53. The zero-order chi connectivity index (χ0) is 13.6. The smallest absolute Gasteiger partial charge is 0.159 e. The molecule has 0 amide bonds. The van der Waals surface area contributed by atoms with Gasteiger partial charge >= 0.3 is 0 Å². The van der Waals surface area contributed by atoms with Gasteiger partial charge in [0, 0.05) is 18.0 Å². The van der Waals surface area contributed by atoms with Crippen LogP contribution in [0.25, 0.3) is 11.4 Å². The number of pyridine rings is 1. The summed E-state index contributed by atoms with van der Waals surface area (Å²) in [5.41, 5.74) is 2.06. The van der Waals surface area contributed by atoms with Gasteiger partial charge in [-0.15, -0.1) is 0 Å². The zero-order valence-electron chi connectivity index (χ0n) is 10.8. The second-order valence-corrected chi connectivity index (χ2v) is 4.25. The largest absolute Gasteiger partial charge is 0.486 e. The van der Waals surface area contributed by atoms with E-state index in [2.05, 4.69) is 15.0 Å². The van der Waals surface area contributed by atoms with E-state index < -0.39 is 0 Å². The van der Waals surface area contributed by atoms with Gasteiger partial charge in [-0.05, 0) is 17.7 Å². The lowest BCUT2D eigenvalue weighted by atomic mass is 10.2. The van der Waals surface area contributed by atoms with E-state index in [9.17, 15) is 0 Å². The summed E-state index contributed by atoms with van der Waals surface area (Å²) >= 11 is 0. The summed E-state index contributed by atoms with van der Waals surface area (Å²) < 4.78 is 5.65. The second-order valence-electron chi connectivity index (χ2n) is 4.25. The van der Waals surface area contributed by atoms with Crippen molar-refractivity contribution in [1.29, 1.82) is 0 Å². The van der Waals surface area contributed by atoms with Crippen LogP contribution in [0.5, 0.6) is 5.75 Å². The van der Waals surface area contributed by atoms with Gasteiger partial charge < -0.3 is 4.74 Å². The Kier molecular flexibility index (Phi) is 3.64. The number of hydrogen-bond acceptors (Lipinski definition) is 4. The minimum atomic E-state index is 0.513. The van der Waals surface area contributed by atoms with Gasteiger partial charge in [0.2, 0.25) is 0 Å². The molecule has 0 unspecified atom stereocenters. The molecule has 4 heteroatoms. The van der Waals surface area contributed by atoms with Crippen LogP contribution < -0.4 is 4.74 Å². The van der Waals surface area contributed by atoms with Crippen LogP contribution >= 0.6 is 0 Å². The monoisotopic (exact) mass is 263 g/mol. The lowest BCUT2D eigenvalue weighted by Crippen LogP contribution is -1.97. The molecule has 0 spiro atoms. The molecule has 2 aromatic heterocycles. The summed E-state index contributed by atoms with van der Waals surface area (Å²) in [5.74, 6) is 1.33. The van der Waals surface area contributed by atoms with Crippen LogP contribution in [-0.2, 0) is 6.61 Å². The van der Waals surface area contributed by atoms with Crippen LogP contribution in [0.4, 0.5) is 0 Å². The fourth-order valence-corrected chi connectivity index (χ4v) is 1.78. The standard InChI is InChI=1S/C16H13N3O/c1-2-4-13(5-3-1)12-20-15-10-18-16(19-11-15)14-6-8-17-9-7-14/h1-11H,12H2. The predicted molar refractivity (Wildman–Crippen MR) is 76.0 cm³/mol. The number of rotatable bonds is 4. The third-order valence-electron chi connectivity index (χ3n) is 2.81. The Bertz CT molecular complexity index is 654. The fourth-order valence-electron chi connectivity index (χ4n) is 1.78. The Hall–Kier alpha value is -2.75. The minimum Gasteiger partial charge on any atom is -0.486 e. The molecule has 0 aliphatic carbocycles. The average molecular weight is 263 g/mol. The lowest BCUT2D eigenvalue weighted by Gasteiger charge is -2.06. The summed E-state index contributed by atoms with van der Waals surface area (Å²) in [5, 5.41) is 0. The zero-order valence-corrected chi connectivity index (χ0v) is 10.8. The van der Waals surface area contributed by atoms with Crippen molar-refractivity contribution in [3.05, 3.63) is 72.8 Å². The maximum absolute atomic E-state index is 5.65. The molecule has 0 N–H and O–H groups in total. The Balaban J connectivity index is 1.68. The third-order valence-corrected chi connectivity index (χ3v) is 2.81. The van der Waals surface area contributed by atoms with Crippen LogP contribution in [0.3, 0.4) is 0 Å². The van der Waals surface area contributed by atoms with E-state index in [4.69, 9.17) is 4.74 Å². The summed E-state index contributed by atoms with van der Waals surface area (Å²) in [6.07, 6.45) is 6.81. The number of aromatic nitrogens is 3. The van der Waals surface area contributed by atoms with E-state index in [0.717, 1.165) is 11.1 Å². The van der Waals surface area contributed by atoms with Crippen LogP contribution in [0.15, 0.2) is 67.3 Å². The molecule has 0 aliphatic rings. The summed E-state index contributed by atoms with van der Waals surface area (Å²) in [4.78, 5) is 12.6. The highest BCUT2D eigenvalue weighted by Crippen LogP contribution is 2.16. The molecule has 0 atom stereocenters. The van der Waals surface area contributed by atoms with Gasteiger partial charge in [-0.25, -0.2) is 9.97 Å². The first kappa shape index (κ1) is 12.3. The van der Waals surface area contributed by atoms with Gasteiger partial charge in [0.1, 0.15) is 6.61 Å². The molecule has 20 heavy (non-hydrogen) atoms. The molecule has 0 bridgehead atoms. The van der Waals surface area contributed by atoms with Crippen molar-refractivity contribution < 1.29 is 4.74 Å². The Morgan fingerprint density at radius 3 is 2.25 bits per heavy atom. The molecule has 3 rings (SSSR count). The maximum Gasteiger partial charge on any atom is 0.159 e. The normalized spacial score (nSPS) is 10.2. The predicted octanol–water partition coefficient (Wildman–Crippen LogP) is 3.12. The van der Waals surface area contributed by atoms with Crippen molar-refractivity contribution in [2.24, 2.45) is 0 Å². The van der Waals surface area contributed by atoms with Gasteiger partial charge in [-0.2, -0.15) is 0 Å². The van der Waals surface area contributed by atoms with E-state index in [1.807, 2.05) is 42.5 Å². The molecule has 0 saturated carbocycles. The molecular weight excluding hydrogens is 250 g/mol. The Labute approximate surface area is 117 Å². The number of nitrogens with zero attached hydrogens (tertiary/aromatic N) is 3. The van der Waals surface area contributed by atoms with Crippen molar-refractivity contribution in [3.8, 4) is 17.1 Å². The second kappa shape index (κ2) is 5.93. The Morgan fingerprint density at radius 2 is 1.55 bits per heavy atom. The average Bonchev–Trinajstić information content (AvgIpc) is 2.55. The molecule has 0 saturated heterocycles. The van der Waals surface area contributed by atoms with Crippen molar-refractivity contribution in [3.63, 3.8) is 0 Å². The highest BCUT2D eigenvalue weighted by Gasteiger charge is 2.01. The van der Waals surface area contributed by atoms with Crippen LogP contribution in [0.2, 0.25) is 0 Å². The summed E-state index contributed by atoms with van der Waals surface area (Å²) in [6, 6.07) is 13.7. The molecule has 0 fully saturated rings. The SMILES string of the molecule is c1ccc(COc2cnc(-c3ccncc3)nc2)cc1. The van der Waals surface area contributed by atoms with Crippen LogP contribution in [0, 0.1) is 0 Å². The molecule has 0 aliphatic heterocycles. The van der Waals surface area contributed by atoms with Crippen molar-refractivity contribution in [2.75, 3.05) is 0 Å². The molecule has 3 aromatic rings. The van der Waals surface area contributed by atoms with E-state index in [0.29, 0.717) is 18.2 Å². The number of hydrogen-bond donors (Lipinski definition) is 0. The molecular formula is C16H13N3O. The van der Waals surface area contributed by atoms with Crippen molar-refractivity contribution in [1.82, 2.24) is 15.0 Å². The van der Waals surface area contributed by atoms with Gasteiger partial charge in [0.25, 0.3) is 0 Å². The molecule has 98 valence electrons. The Morgan fingerprint density at radius 1 is 0.850 bits per heavy atom. The number of benzene rings is 1. The third kappa shape index (κ3) is 2.98. The van der Waals surface area contributed by atoms with E-state index in [1.54, 1.807) is 24.8 Å². The fraction of sp³-hybridized carbons (Fsp3) is 0.0625. The first-order valence-corrected chi connectivity index (χ1v) is 6.31. The van der Waals surface area contributed by atoms with E-state index in [1.165, 1.54) is 0 Å². The van der Waals surface area contributed by atoms with Crippen LogP contribution in [-0.4, -0.2) is 15.0 Å². The quantitative estimate of drug-likeness (QED) is 0.725. The van der Waals surface area contributed by atoms with Crippen LogP contribution in [0.1, 0.15) is 5.56 Å². The van der Waals surface area contributed by atoms with E-state index >= 15 is 0 Å². The molecule has 1 aromatic carbocycles. The van der Waals surface area contributed by atoms with Gasteiger partial charge in [0.15, 0.2) is 11.6 Å². The molecule has 4 nitrogen and oxygen atoms in total. The van der Waals surface area contributed by atoms with Gasteiger partial charge in [0.05, 0.1) is 12.4 Å². The molecule has 0 radical (unpaired) electrons. The lowest BCUT2D eigenvalue weighted by molar-refractivity contribution is 0.303. The first-order valence-electron chi connectivity index (χ1n) is 6.31. The number of ether oxygens (including phenoxy) is 1. The minimum absolute atomic E-state index is 0.513. The summed E-state index contributed by atoms with van der Waals surface area (Å²) in [6.45, 7) is 0.513. The van der Waals surface area contributed by atoms with Crippen molar-refractivity contribution in [2.45, 2.75) is 6.61 Å². The van der Waals surface area contributed by atoms with Gasteiger partial charge in [-0.1, -0.05) is 30.3 Å². The van der Waals surface area contributed by atoms with Crippen molar-refractivity contribution >= 4 is 0 Å².